The second kappa shape index (κ2) is 10.8. The third-order valence-electron chi connectivity index (χ3n) is 5.74. The fourth-order valence-electron chi connectivity index (χ4n) is 3.59. The maximum Gasteiger partial charge on any atom is 0.331 e. The van der Waals surface area contributed by atoms with Crippen molar-refractivity contribution in [3.8, 4) is 11.4 Å². The molecule has 0 saturated carbocycles. The molecule has 0 spiro atoms. The number of H-pyrrole nitrogens is 2. The summed E-state index contributed by atoms with van der Waals surface area (Å²) in [6, 6.07) is 14.7. The highest BCUT2D eigenvalue weighted by Gasteiger charge is 2.15. The van der Waals surface area contributed by atoms with Gasteiger partial charge in [-0.3, -0.25) is 29.4 Å². The molecule has 12 nitrogen and oxygen atoms in total. The smallest absolute Gasteiger partial charge is 0.295 e. The highest BCUT2D eigenvalue weighted by molar-refractivity contribution is 6.35. The lowest BCUT2D eigenvalue weighted by molar-refractivity contribution is -0.139. The molecule has 0 fully saturated rings. The number of aromatic nitrogens is 4. The maximum atomic E-state index is 12.7. The zero-order valence-corrected chi connectivity index (χ0v) is 21.2. The van der Waals surface area contributed by atoms with E-state index >= 15 is 0 Å². The third kappa shape index (κ3) is 5.43. The average molecular weight is 515 g/mol. The third-order valence-corrected chi connectivity index (χ3v) is 5.74. The predicted octanol–water partition coefficient (Wildman–Crippen LogP) is 1.48. The molecule has 38 heavy (non-hydrogen) atoms. The van der Waals surface area contributed by atoms with E-state index in [9.17, 15) is 19.2 Å². The van der Waals surface area contributed by atoms with E-state index in [4.69, 9.17) is 0 Å². The van der Waals surface area contributed by atoms with E-state index in [1.54, 1.807) is 38.1 Å². The van der Waals surface area contributed by atoms with Gasteiger partial charge in [0.15, 0.2) is 0 Å². The van der Waals surface area contributed by atoms with Gasteiger partial charge >= 0.3 is 11.8 Å². The molecule has 4 N–H and O–H groups in total. The van der Waals surface area contributed by atoms with E-state index in [0.29, 0.717) is 22.8 Å². The zero-order valence-electron chi connectivity index (χ0n) is 21.2. The van der Waals surface area contributed by atoms with Crippen LogP contribution in [-0.4, -0.2) is 43.8 Å². The van der Waals surface area contributed by atoms with Crippen molar-refractivity contribution in [3.05, 3.63) is 103 Å². The minimum Gasteiger partial charge on any atom is -0.295 e. The van der Waals surface area contributed by atoms with Gasteiger partial charge in [-0.05, 0) is 52.0 Å². The lowest BCUT2D eigenvalue weighted by Crippen LogP contribution is -2.35. The number of carbonyl (C=O) groups is 2. The summed E-state index contributed by atoms with van der Waals surface area (Å²) in [6.07, 6.45) is 2.31. The Morgan fingerprint density at radius 2 is 1.00 bits per heavy atom. The van der Waals surface area contributed by atoms with Crippen molar-refractivity contribution in [1.82, 2.24) is 30.4 Å². The van der Waals surface area contributed by atoms with E-state index < -0.39 is 11.8 Å². The van der Waals surface area contributed by atoms with Crippen LogP contribution in [0.5, 0.6) is 0 Å². The van der Waals surface area contributed by atoms with E-state index in [1.165, 1.54) is 9.36 Å². The summed E-state index contributed by atoms with van der Waals surface area (Å²) < 4.78 is 2.71. The van der Waals surface area contributed by atoms with Gasteiger partial charge in [-0.15, -0.1) is 0 Å². The predicted molar refractivity (Wildman–Crippen MR) is 143 cm³/mol. The SMILES string of the molecule is Cc1ccc(-n2[nH]c(C)c(/C=N\NC(=O)C(=O)N/N=C/c3c(C)[nH]n(-c4ccc(C)cc4)c3=O)c2=O)cc1. The maximum absolute atomic E-state index is 12.7. The molecule has 0 aliphatic heterocycles. The molecule has 194 valence electrons. The van der Waals surface area contributed by atoms with Crippen LogP contribution in [0.25, 0.3) is 11.4 Å². The van der Waals surface area contributed by atoms with Crippen LogP contribution in [0.3, 0.4) is 0 Å². The van der Waals surface area contributed by atoms with Crippen molar-refractivity contribution in [2.75, 3.05) is 0 Å². The van der Waals surface area contributed by atoms with Crippen LogP contribution < -0.4 is 22.0 Å². The second-order valence-electron chi connectivity index (χ2n) is 8.65. The quantitative estimate of drug-likeness (QED) is 0.174. The van der Waals surface area contributed by atoms with Crippen molar-refractivity contribution in [2.45, 2.75) is 27.7 Å². The van der Waals surface area contributed by atoms with E-state index in [0.717, 1.165) is 23.6 Å². The number of carbonyl (C=O) groups excluding carboxylic acids is 2. The van der Waals surface area contributed by atoms with E-state index in [2.05, 4.69) is 31.3 Å². The highest BCUT2D eigenvalue weighted by atomic mass is 16.2. The molecule has 0 atom stereocenters. The van der Waals surface area contributed by atoms with Gasteiger partial charge in [0.05, 0.1) is 34.9 Å². The molecule has 0 saturated heterocycles. The molecule has 12 heteroatoms. The minimum absolute atomic E-state index is 0.220. The Morgan fingerprint density at radius 3 is 1.34 bits per heavy atom. The van der Waals surface area contributed by atoms with Gasteiger partial charge in [-0.25, -0.2) is 20.2 Å². The lowest BCUT2D eigenvalue weighted by Gasteiger charge is -2.01. The van der Waals surface area contributed by atoms with Gasteiger partial charge in [0, 0.05) is 11.4 Å². The molecule has 0 bridgehead atoms. The summed E-state index contributed by atoms with van der Waals surface area (Å²) >= 11 is 0. The molecule has 0 aliphatic carbocycles. The number of nitrogens with zero attached hydrogens (tertiary/aromatic N) is 4. The summed E-state index contributed by atoms with van der Waals surface area (Å²) in [5.41, 5.74) is 8.28. The van der Waals surface area contributed by atoms with E-state index in [1.807, 2.05) is 38.1 Å². The molecule has 0 unspecified atom stereocenters. The summed E-state index contributed by atoms with van der Waals surface area (Å²) in [7, 11) is 0. The summed E-state index contributed by atoms with van der Waals surface area (Å²) in [6.45, 7) is 7.26. The minimum atomic E-state index is -1.10. The average Bonchev–Trinajstić information content (AvgIpc) is 3.34. The van der Waals surface area contributed by atoms with Crippen LogP contribution in [0.1, 0.15) is 33.6 Å². The fraction of sp³-hybridized carbons (Fsp3) is 0.154. The Morgan fingerprint density at radius 1 is 0.658 bits per heavy atom. The van der Waals surface area contributed by atoms with Crippen LogP contribution in [0.4, 0.5) is 0 Å². The number of benzene rings is 2. The van der Waals surface area contributed by atoms with Gasteiger partial charge in [0.25, 0.3) is 11.1 Å². The Balaban J connectivity index is 1.38. The van der Waals surface area contributed by atoms with Gasteiger partial charge in [0.1, 0.15) is 0 Å². The van der Waals surface area contributed by atoms with Crippen molar-refractivity contribution >= 4 is 24.2 Å². The summed E-state index contributed by atoms with van der Waals surface area (Å²) in [5, 5.41) is 13.3. The molecule has 2 aromatic carbocycles. The number of hydrogen-bond donors (Lipinski definition) is 4. The molecule has 0 radical (unpaired) electrons. The van der Waals surface area contributed by atoms with Crippen LogP contribution in [0, 0.1) is 27.7 Å². The highest BCUT2D eigenvalue weighted by Crippen LogP contribution is 2.09. The number of aromatic amines is 2. The largest absolute Gasteiger partial charge is 0.331 e. The molecule has 0 aliphatic rings. The zero-order chi connectivity index (χ0) is 27.4. The van der Waals surface area contributed by atoms with Crippen molar-refractivity contribution in [1.29, 1.82) is 0 Å². The first-order valence-electron chi connectivity index (χ1n) is 11.6. The molecule has 2 heterocycles. The molecular weight excluding hydrogens is 488 g/mol. The Labute approximate surface area is 216 Å². The Hall–Kier alpha value is -5.26. The number of amides is 2. The first-order chi connectivity index (χ1) is 18.2. The van der Waals surface area contributed by atoms with Gasteiger partial charge in [-0.1, -0.05) is 35.4 Å². The van der Waals surface area contributed by atoms with E-state index in [-0.39, 0.29) is 22.2 Å². The van der Waals surface area contributed by atoms with Crippen LogP contribution in [0.2, 0.25) is 0 Å². The lowest BCUT2D eigenvalue weighted by atomic mass is 10.2. The molecule has 2 aromatic heterocycles. The van der Waals surface area contributed by atoms with Crippen molar-refractivity contribution in [2.24, 2.45) is 10.2 Å². The summed E-state index contributed by atoms with van der Waals surface area (Å²) in [5.74, 6) is -2.21. The molecular formula is C26H26N8O4. The fourth-order valence-corrected chi connectivity index (χ4v) is 3.59. The number of hydrazone groups is 2. The standard InChI is InChI=1S/C26H26N8O4/c1-15-5-9-19(10-6-15)33-25(37)21(17(3)31-33)13-27-29-23(35)24(36)30-28-14-22-18(4)32-34(26(22)38)20-11-7-16(2)8-12-20/h5-14,31-32H,1-4H3,(H,29,35)(H,30,36)/b27-13-,28-14+. The van der Waals surface area contributed by atoms with Crippen LogP contribution in [0.15, 0.2) is 68.3 Å². The first-order valence-corrected chi connectivity index (χ1v) is 11.6. The Kier molecular flexibility index (Phi) is 7.33. The molecule has 4 aromatic rings. The number of nitrogens with one attached hydrogen (secondary N) is 4. The Bertz CT molecular complexity index is 1540. The molecule has 4 rings (SSSR count). The number of aryl methyl sites for hydroxylation is 4. The van der Waals surface area contributed by atoms with Gasteiger partial charge in [0.2, 0.25) is 0 Å². The topological polar surface area (TPSA) is 158 Å². The number of hydrogen-bond acceptors (Lipinski definition) is 6. The van der Waals surface area contributed by atoms with Gasteiger partial charge in [-0.2, -0.15) is 10.2 Å². The second-order valence-corrected chi connectivity index (χ2v) is 8.65. The first kappa shape index (κ1) is 25.8. The normalized spacial score (nSPS) is 11.4. The number of rotatable bonds is 6. The molecule has 2 amide bonds. The van der Waals surface area contributed by atoms with Gasteiger partial charge < -0.3 is 0 Å². The van der Waals surface area contributed by atoms with Crippen LogP contribution >= 0.6 is 0 Å². The van der Waals surface area contributed by atoms with Crippen LogP contribution in [-0.2, 0) is 9.59 Å². The summed E-state index contributed by atoms with van der Waals surface area (Å²) in [4.78, 5) is 49.6. The van der Waals surface area contributed by atoms with Crippen molar-refractivity contribution < 1.29 is 9.59 Å². The van der Waals surface area contributed by atoms with Crippen molar-refractivity contribution in [3.63, 3.8) is 0 Å². The monoisotopic (exact) mass is 514 g/mol.